The van der Waals surface area contributed by atoms with Crippen molar-refractivity contribution in [2.75, 3.05) is 0 Å². The molecule has 0 aliphatic carbocycles. The molecule has 0 saturated carbocycles. The maximum atomic E-state index is 5.44. The van der Waals surface area contributed by atoms with E-state index in [-0.39, 0.29) is 0 Å². The van der Waals surface area contributed by atoms with Crippen LogP contribution in [0.15, 0.2) is 24.5 Å². The standard InChI is InChI=1S/C10H15N3S/c1-8(5-10(11)14)13-7-9-3-2-4-12-6-9/h2-4,6,8,13H,5,7H2,1H3,(H2,11,14). The van der Waals surface area contributed by atoms with E-state index >= 15 is 0 Å². The van der Waals surface area contributed by atoms with Gasteiger partial charge >= 0.3 is 0 Å². The number of nitrogens with two attached hydrogens (primary N) is 1. The Bertz CT molecular complexity index is 287. The smallest absolute Gasteiger partial charge is 0.0742 e. The van der Waals surface area contributed by atoms with E-state index in [0.717, 1.165) is 13.0 Å². The predicted molar refractivity (Wildman–Crippen MR) is 61.9 cm³/mol. The maximum Gasteiger partial charge on any atom is 0.0742 e. The summed E-state index contributed by atoms with van der Waals surface area (Å²) in [5.74, 6) is 0. The van der Waals surface area contributed by atoms with Gasteiger partial charge < -0.3 is 11.1 Å². The van der Waals surface area contributed by atoms with Crippen LogP contribution in [0.5, 0.6) is 0 Å². The van der Waals surface area contributed by atoms with Crippen molar-refractivity contribution >= 4 is 17.2 Å². The fraction of sp³-hybridized carbons (Fsp3) is 0.400. The first-order valence-corrected chi connectivity index (χ1v) is 5.00. The van der Waals surface area contributed by atoms with Crippen LogP contribution >= 0.6 is 12.2 Å². The van der Waals surface area contributed by atoms with Crippen molar-refractivity contribution in [2.45, 2.75) is 25.9 Å². The van der Waals surface area contributed by atoms with Gasteiger partial charge in [-0.25, -0.2) is 0 Å². The van der Waals surface area contributed by atoms with Gasteiger partial charge in [0.2, 0.25) is 0 Å². The van der Waals surface area contributed by atoms with Gasteiger partial charge in [-0.3, -0.25) is 4.98 Å². The third kappa shape index (κ3) is 4.30. The number of hydrogen-bond donors (Lipinski definition) is 2. The molecule has 4 heteroatoms. The Kier molecular flexibility index (Phi) is 4.49. The molecule has 0 aliphatic heterocycles. The number of pyridine rings is 1. The van der Waals surface area contributed by atoms with Crippen LogP contribution in [0.2, 0.25) is 0 Å². The number of nitrogens with one attached hydrogen (secondary N) is 1. The van der Waals surface area contributed by atoms with Crippen LogP contribution in [0.4, 0.5) is 0 Å². The van der Waals surface area contributed by atoms with Crippen LogP contribution in [-0.4, -0.2) is 16.0 Å². The van der Waals surface area contributed by atoms with E-state index in [4.69, 9.17) is 18.0 Å². The Labute approximate surface area is 89.7 Å². The normalized spacial score (nSPS) is 12.4. The van der Waals surface area contributed by atoms with Gasteiger partial charge in [-0.2, -0.15) is 0 Å². The SMILES string of the molecule is CC(CC(N)=S)NCc1cccnc1. The third-order valence-corrected chi connectivity index (χ3v) is 2.05. The number of nitrogens with zero attached hydrogens (tertiary/aromatic N) is 1. The van der Waals surface area contributed by atoms with E-state index in [2.05, 4.69) is 17.2 Å². The molecule has 1 atom stereocenters. The molecule has 1 rings (SSSR count). The average Bonchev–Trinajstić information content (AvgIpc) is 2.15. The lowest BCUT2D eigenvalue weighted by atomic mass is 10.2. The summed E-state index contributed by atoms with van der Waals surface area (Å²) in [7, 11) is 0. The Balaban J connectivity index is 2.30. The van der Waals surface area contributed by atoms with E-state index in [9.17, 15) is 0 Å². The molecule has 0 amide bonds. The Morgan fingerprint density at radius 2 is 2.50 bits per heavy atom. The lowest BCUT2D eigenvalue weighted by Gasteiger charge is -2.12. The summed E-state index contributed by atoms with van der Waals surface area (Å²) < 4.78 is 0. The molecule has 1 heterocycles. The highest BCUT2D eigenvalue weighted by atomic mass is 32.1. The summed E-state index contributed by atoms with van der Waals surface area (Å²) in [5.41, 5.74) is 6.61. The van der Waals surface area contributed by atoms with Crippen molar-refractivity contribution in [3.05, 3.63) is 30.1 Å². The Morgan fingerprint density at radius 1 is 1.71 bits per heavy atom. The highest BCUT2D eigenvalue weighted by Crippen LogP contribution is 1.97. The molecule has 0 aliphatic rings. The zero-order chi connectivity index (χ0) is 10.4. The van der Waals surface area contributed by atoms with Gasteiger partial charge in [-0.15, -0.1) is 0 Å². The molecule has 14 heavy (non-hydrogen) atoms. The van der Waals surface area contributed by atoms with Crippen LogP contribution in [0, 0.1) is 0 Å². The molecule has 0 fully saturated rings. The topological polar surface area (TPSA) is 50.9 Å². The van der Waals surface area contributed by atoms with Crippen LogP contribution in [-0.2, 0) is 6.54 Å². The molecule has 1 aromatic heterocycles. The minimum absolute atomic E-state index is 0.313. The number of hydrogen-bond acceptors (Lipinski definition) is 3. The van der Waals surface area contributed by atoms with Gasteiger partial charge in [-0.1, -0.05) is 18.3 Å². The minimum Gasteiger partial charge on any atom is -0.393 e. The fourth-order valence-corrected chi connectivity index (χ4v) is 1.42. The lowest BCUT2D eigenvalue weighted by Crippen LogP contribution is -2.29. The highest BCUT2D eigenvalue weighted by molar-refractivity contribution is 7.80. The molecule has 0 aromatic carbocycles. The fourth-order valence-electron chi connectivity index (χ4n) is 1.17. The van der Waals surface area contributed by atoms with Crippen molar-refractivity contribution in [3.8, 4) is 0 Å². The van der Waals surface area contributed by atoms with Crippen molar-refractivity contribution in [2.24, 2.45) is 5.73 Å². The second-order valence-electron chi connectivity index (χ2n) is 3.31. The van der Waals surface area contributed by atoms with Gasteiger partial charge in [0.05, 0.1) is 4.99 Å². The van der Waals surface area contributed by atoms with E-state index in [1.54, 1.807) is 6.20 Å². The summed E-state index contributed by atoms with van der Waals surface area (Å²) in [6, 6.07) is 4.27. The van der Waals surface area contributed by atoms with Gasteiger partial charge in [0.1, 0.15) is 0 Å². The largest absolute Gasteiger partial charge is 0.393 e. The molecule has 1 aromatic rings. The van der Waals surface area contributed by atoms with Crippen molar-refractivity contribution in [1.29, 1.82) is 0 Å². The predicted octanol–water partition coefficient (Wildman–Crippen LogP) is 1.24. The maximum absolute atomic E-state index is 5.44. The van der Waals surface area contributed by atoms with Crippen LogP contribution in [0.1, 0.15) is 18.9 Å². The highest BCUT2D eigenvalue weighted by Gasteiger charge is 2.02. The third-order valence-electron chi connectivity index (χ3n) is 1.88. The van der Waals surface area contributed by atoms with Crippen LogP contribution in [0.3, 0.4) is 0 Å². The molecular formula is C10H15N3S. The first kappa shape index (κ1) is 11.1. The van der Waals surface area contributed by atoms with E-state index in [1.165, 1.54) is 5.56 Å². The second-order valence-corrected chi connectivity index (χ2v) is 3.84. The number of aromatic nitrogens is 1. The van der Waals surface area contributed by atoms with Crippen LogP contribution in [0.25, 0.3) is 0 Å². The quantitative estimate of drug-likeness (QED) is 0.716. The molecule has 3 N–H and O–H groups in total. The Morgan fingerprint density at radius 3 is 3.07 bits per heavy atom. The summed E-state index contributed by atoms with van der Waals surface area (Å²) in [5, 5.41) is 3.32. The summed E-state index contributed by atoms with van der Waals surface area (Å²) in [4.78, 5) is 4.59. The molecule has 76 valence electrons. The van der Waals surface area contributed by atoms with Gasteiger partial charge in [0.25, 0.3) is 0 Å². The van der Waals surface area contributed by atoms with Crippen molar-refractivity contribution in [1.82, 2.24) is 10.3 Å². The molecule has 0 radical (unpaired) electrons. The Hall–Kier alpha value is -1.00. The van der Waals surface area contributed by atoms with E-state index < -0.39 is 0 Å². The van der Waals surface area contributed by atoms with Crippen molar-refractivity contribution < 1.29 is 0 Å². The first-order valence-electron chi connectivity index (χ1n) is 4.59. The molecule has 3 nitrogen and oxygen atoms in total. The zero-order valence-corrected chi connectivity index (χ0v) is 9.05. The molecule has 0 spiro atoms. The van der Waals surface area contributed by atoms with Crippen LogP contribution < -0.4 is 11.1 Å². The summed E-state index contributed by atoms with van der Waals surface area (Å²) >= 11 is 4.83. The van der Waals surface area contributed by atoms with Gasteiger partial charge in [0, 0.05) is 31.4 Å². The average molecular weight is 209 g/mol. The molecule has 0 saturated heterocycles. The lowest BCUT2D eigenvalue weighted by molar-refractivity contribution is 0.564. The zero-order valence-electron chi connectivity index (χ0n) is 8.23. The summed E-state index contributed by atoms with van der Waals surface area (Å²) in [6.07, 6.45) is 4.35. The number of thiocarbonyl (C=S) groups is 1. The molecule has 0 bridgehead atoms. The van der Waals surface area contributed by atoms with E-state index in [0.29, 0.717) is 11.0 Å². The van der Waals surface area contributed by atoms with Gasteiger partial charge in [0.15, 0.2) is 0 Å². The molecule has 1 unspecified atom stereocenters. The second kappa shape index (κ2) is 5.67. The first-order chi connectivity index (χ1) is 6.68. The monoisotopic (exact) mass is 209 g/mol. The minimum atomic E-state index is 0.313. The van der Waals surface area contributed by atoms with Gasteiger partial charge in [-0.05, 0) is 18.6 Å². The van der Waals surface area contributed by atoms with E-state index in [1.807, 2.05) is 18.3 Å². The number of rotatable bonds is 5. The summed E-state index contributed by atoms with van der Waals surface area (Å²) in [6.45, 7) is 2.87. The van der Waals surface area contributed by atoms with Crippen molar-refractivity contribution in [3.63, 3.8) is 0 Å². The molecular weight excluding hydrogens is 194 g/mol.